The van der Waals surface area contributed by atoms with Crippen molar-refractivity contribution in [2.24, 2.45) is 0 Å². The van der Waals surface area contributed by atoms with Crippen LogP contribution >= 0.6 is 11.3 Å². The van der Waals surface area contributed by atoms with E-state index in [-0.39, 0.29) is 6.42 Å². The van der Waals surface area contributed by atoms with Crippen molar-refractivity contribution in [3.8, 4) is 26.9 Å². The van der Waals surface area contributed by atoms with Crippen LogP contribution in [-0.4, -0.2) is 27.9 Å². The first kappa shape index (κ1) is 17.1. The van der Waals surface area contributed by atoms with Crippen LogP contribution in [-0.2, 0) is 4.79 Å². The van der Waals surface area contributed by atoms with Gasteiger partial charge in [-0.1, -0.05) is 41.7 Å². The second-order valence-electron chi connectivity index (χ2n) is 5.29. The van der Waals surface area contributed by atoms with Gasteiger partial charge in [0.2, 0.25) is 5.91 Å². The van der Waals surface area contributed by atoms with Gasteiger partial charge >= 0.3 is 0 Å². The summed E-state index contributed by atoms with van der Waals surface area (Å²) in [5.74, 6) is 0.311. The van der Waals surface area contributed by atoms with Crippen molar-refractivity contribution in [1.29, 1.82) is 0 Å². The molecule has 1 amide bonds. The van der Waals surface area contributed by atoms with Gasteiger partial charge in [0.1, 0.15) is 15.8 Å². The van der Waals surface area contributed by atoms with Gasteiger partial charge in [0.15, 0.2) is 0 Å². The average Bonchev–Trinajstić information content (AvgIpc) is 3.16. The number of carbonyl (C=O) groups excluding carboxylic acids is 1. The van der Waals surface area contributed by atoms with E-state index in [0.717, 1.165) is 26.9 Å². The fraction of sp³-hybridized carbons (Fsp3) is 0.167. The van der Waals surface area contributed by atoms with Crippen LogP contribution in [0.5, 0.6) is 5.75 Å². The molecule has 7 heteroatoms. The van der Waals surface area contributed by atoms with E-state index < -0.39 is 5.91 Å². The summed E-state index contributed by atoms with van der Waals surface area (Å²) in [7, 11) is 0. The first-order valence-electron chi connectivity index (χ1n) is 7.81. The molecule has 3 rings (SSSR count). The van der Waals surface area contributed by atoms with Crippen LogP contribution in [0, 0.1) is 0 Å². The smallest absolute Gasteiger partial charge is 0.243 e. The largest absolute Gasteiger partial charge is 0.494 e. The molecule has 1 heterocycles. The second kappa shape index (κ2) is 8.36. The lowest BCUT2D eigenvalue weighted by Crippen LogP contribution is -2.18. The van der Waals surface area contributed by atoms with Gasteiger partial charge in [-0.15, -0.1) is 10.2 Å². The molecule has 2 aromatic carbocycles. The zero-order valence-corrected chi connectivity index (χ0v) is 14.2. The molecular weight excluding hydrogens is 338 g/mol. The normalized spacial score (nSPS) is 10.4. The molecule has 0 radical (unpaired) electrons. The summed E-state index contributed by atoms with van der Waals surface area (Å²) in [5.41, 5.74) is 3.63. The van der Waals surface area contributed by atoms with E-state index in [4.69, 9.17) is 9.94 Å². The van der Waals surface area contributed by atoms with Gasteiger partial charge in [-0.3, -0.25) is 10.0 Å². The molecule has 0 bridgehead atoms. The third-order valence-corrected chi connectivity index (χ3v) is 4.51. The van der Waals surface area contributed by atoms with Crippen LogP contribution in [0.15, 0.2) is 54.6 Å². The monoisotopic (exact) mass is 355 g/mol. The summed E-state index contributed by atoms with van der Waals surface area (Å²) in [6.45, 7) is 0.406. The summed E-state index contributed by atoms with van der Waals surface area (Å²) in [6, 6.07) is 17.6. The van der Waals surface area contributed by atoms with Crippen LogP contribution in [0.25, 0.3) is 21.1 Å². The van der Waals surface area contributed by atoms with Crippen molar-refractivity contribution in [1.82, 2.24) is 15.7 Å². The van der Waals surface area contributed by atoms with Crippen LogP contribution < -0.4 is 10.2 Å². The van der Waals surface area contributed by atoms with E-state index in [9.17, 15) is 4.79 Å². The van der Waals surface area contributed by atoms with E-state index in [2.05, 4.69) is 10.2 Å². The Morgan fingerprint density at radius 2 is 1.64 bits per heavy atom. The lowest BCUT2D eigenvalue weighted by molar-refractivity contribution is -0.129. The molecule has 0 saturated carbocycles. The predicted octanol–water partition coefficient (Wildman–Crippen LogP) is 3.54. The van der Waals surface area contributed by atoms with Crippen molar-refractivity contribution in [3.05, 3.63) is 54.6 Å². The summed E-state index contributed by atoms with van der Waals surface area (Å²) >= 11 is 1.54. The molecule has 3 aromatic rings. The molecule has 0 atom stereocenters. The second-order valence-corrected chi connectivity index (χ2v) is 6.27. The maximum Gasteiger partial charge on any atom is 0.243 e. The van der Waals surface area contributed by atoms with Crippen molar-refractivity contribution in [2.75, 3.05) is 6.61 Å². The summed E-state index contributed by atoms with van der Waals surface area (Å²) in [6.07, 6.45) is 0.757. The van der Waals surface area contributed by atoms with Gasteiger partial charge in [-0.25, -0.2) is 5.48 Å². The highest BCUT2D eigenvalue weighted by Crippen LogP contribution is 2.30. The van der Waals surface area contributed by atoms with Crippen molar-refractivity contribution < 1.29 is 14.7 Å². The summed E-state index contributed by atoms with van der Waals surface area (Å²) in [4.78, 5) is 10.9. The van der Waals surface area contributed by atoms with Gasteiger partial charge in [-0.05, 0) is 30.7 Å². The number of nitrogens with one attached hydrogen (secondary N) is 1. The zero-order chi connectivity index (χ0) is 17.5. The minimum Gasteiger partial charge on any atom is -0.494 e. The Morgan fingerprint density at radius 3 is 2.28 bits per heavy atom. The number of nitrogens with zero attached hydrogens (tertiary/aromatic N) is 2. The minimum absolute atomic E-state index is 0.224. The number of hydrogen-bond acceptors (Lipinski definition) is 6. The predicted molar refractivity (Wildman–Crippen MR) is 95.4 cm³/mol. The van der Waals surface area contributed by atoms with Gasteiger partial charge in [-0.2, -0.15) is 0 Å². The van der Waals surface area contributed by atoms with E-state index in [1.54, 1.807) is 16.8 Å². The number of carbonyl (C=O) groups is 1. The highest BCUT2D eigenvalue weighted by molar-refractivity contribution is 7.17. The maximum atomic E-state index is 10.9. The van der Waals surface area contributed by atoms with Crippen LogP contribution in [0.3, 0.4) is 0 Å². The summed E-state index contributed by atoms with van der Waals surface area (Å²) < 4.78 is 5.57. The van der Waals surface area contributed by atoms with Gasteiger partial charge < -0.3 is 4.74 Å². The Morgan fingerprint density at radius 1 is 1.00 bits per heavy atom. The number of benzene rings is 2. The lowest BCUT2D eigenvalue weighted by atomic mass is 10.2. The molecule has 1 aromatic heterocycles. The van der Waals surface area contributed by atoms with Gasteiger partial charge in [0, 0.05) is 17.5 Å². The maximum absolute atomic E-state index is 10.9. The topological polar surface area (TPSA) is 84.3 Å². The van der Waals surface area contributed by atoms with E-state index >= 15 is 0 Å². The van der Waals surface area contributed by atoms with Crippen LogP contribution in [0.2, 0.25) is 0 Å². The van der Waals surface area contributed by atoms with Gasteiger partial charge in [0.25, 0.3) is 0 Å². The SMILES string of the molecule is O=C(CCCOc1ccc(-c2nnc(-c3ccccc3)s2)cc1)NO. The van der Waals surface area contributed by atoms with E-state index in [1.165, 1.54) is 0 Å². The number of rotatable bonds is 7. The Balaban J connectivity index is 1.59. The first-order valence-corrected chi connectivity index (χ1v) is 8.63. The molecular formula is C18H17N3O3S. The standard InChI is InChI=1S/C18H17N3O3S/c22-16(21-23)7-4-12-24-15-10-8-14(9-11-15)18-20-19-17(25-18)13-5-2-1-3-6-13/h1-3,5-6,8-11,23H,4,7,12H2,(H,21,22). The Hall–Kier alpha value is -2.77. The zero-order valence-electron chi connectivity index (χ0n) is 13.4. The quantitative estimate of drug-likeness (QED) is 0.385. The molecule has 6 nitrogen and oxygen atoms in total. The number of hydrogen-bond donors (Lipinski definition) is 2. The highest BCUT2D eigenvalue weighted by atomic mass is 32.1. The minimum atomic E-state index is -0.413. The van der Waals surface area contributed by atoms with Crippen LogP contribution in [0.4, 0.5) is 0 Å². The van der Waals surface area contributed by atoms with E-state index in [0.29, 0.717) is 13.0 Å². The average molecular weight is 355 g/mol. The molecule has 128 valence electrons. The van der Waals surface area contributed by atoms with Crippen LogP contribution in [0.1, 0.15) is 12.8 Å². The summed E-state index contributed by atoms with van der Waals surface area (Å²) in [5, 5.41) is 18.7. The lowest BCUT2D eigenvalue weighted by Gasteiger charge is -2.06. The molecule has 0 unspecified atom stereocenters. The third-order valence-electron chi connectivity index (χ3n) is 3.49. The van der Waals surface area contributed by atoms with E-state index in [1.807, 2.05) is 54.6 Å². The van der Waals surface area contributed by atoms with Crippen molar-refractivity contribution >= 4 is 17.2 Å². The molecule has 0 saturated heterocycles. The first-order chi connectivity index (χ1) is 12.3. The molecule has 0 aliphatic heterocycles. The molecule has 25 heavy (non-hydrogen) atoms. The number of amides is 1. The van der Waals surface area contributed by atoms with Crippen molar-refractivity contribution in [2.45, 2.75) is 12.8 Å². The Bertz CT molecular complexity index is 819. The van der Waals surface area contributed by atoms with Gasteiger partial charge in [0.05, 0.1) is 6.61 Å². The molecule has 0 aliphatic rings. The van der Waals surface area contributed by atoms with Crippen molar-refractivity contribution in [3.63, 3.8) is 0 Å². The molecule has 0 fully saturated rings. The fourth-order valence-electron chi connectivity index (χ4n) is 2.21. The number of hydroxylamine groups is 1. The molecule has 2 N–H and O–H groups in total. The Labute approximate surface area is 149 Å². The highest BCUT2D eigenvalue weighted by Gasteiger charge is 2.08. The fourth-order valence-corrected chi connectivity index (χ4v) is 3.06. The third kappa shape index (κ3) is 4.62. The number of aromatic nitrogens is 2. The Kier molecular flexibility index (Phi) is 5.71. The number of ether oxygens (including phenoxy) is 1. The molecule has 0 aliphatic carbocycles. The molecule has 0 spiro atoms.